The van der Waals surface area contributed by atoms with Crippen LogP contribution in [0.2, 0.25) is 0 Å². The predicted octanol–water partition coefficient (Wildman–Crippen LogP) is 2.84. The van der Waals surface area contributed by atoms with Crippen molar-refractivity contribution in [3.8, 4) is 0 Å². The predicted molar refractivity (Wildman–Crippen MR) is 86.0 cm³/mol. The molecule has 1 atom stereocenters. The van der Waals surface area contributed by atoms with E-state index in [1.807, 2.05) is 11.8 Å². The second-order valence-electron chi connectivity index (χ2n) is 4.38. The molecule has 2 aromatic heterocycles. The second kappa shape index (κ2) is 6.40. The molecule has 0 aliphatic heterocycles. The summed E-state index contributed by atoms with van der Waals surface area (Å²) in [5, 5.41) is 5.10. The number of thioether (sulfide) groups is 1. The van der Waals surface area contributed by atoms with Crippen molar-refractivity contribution in [3.63, 3.8) is 0 Å². The number of anilines is 2. The van der Waals surface area contributed by atoms with Crippen molar-refractivity contribution >= 4 is 45.1 Å². The lowest BCUT2D eigenvalue weighted by Gasteiger charge is -2.11. The molecule has 0 bridgehead atoms. The van der Waals surface area contributed by atoms with Gasteiger partial charge in [-0.1, -0.05) is 6.92 Å². The van der Waals surface area contributed by atoms with Gasteiger partial charge in [0.15, 0.2) is 0 Å². The minimum Gasteiger partial charge on any atom is -0.369 e. The summed E-state index contributed by atoms with van der Waals surface area (Å²) in [7, 11) is 0. The molecular weight excluding hydrogens is 278 g/mol. The fourth-order valence-corrected chi connectivity index (χ4v) is 2.99. The molecule has 2 rings (SSSR count). The lowest BCUT2D eigenvalue weighted by molar-refractivity contribution is 0.851. The Bertz CT molecular complexity index is 554. The number of nitrogens with one attached hydrogen (secondary N) is 2. The van der Waals surface area contributed by atoms with Crippen molar-refractivity contribution in [2.75, 3.05) is 23.5 Å². The largest absolute Gasteiger partial charge is 0.369 e. The highest BCUT2D eigenvalue weighted by molar-refractivity contribution is 7.99. The monoisotopic (exact) mass is 297 g/mol. The zero-order valence-corrected chi connectivity index (χ0v) is 13.0. The Balaban J connectivity index is 2.20. The molecule has 0 radical (unpaired) electrons. The van der Waals surface area contributed by atoms with E-state index in [2.05, 4.69) is 46.9 Å². The molecule has 0 aromatic carbocycles. The normalized spacial score (nSPS) is 12.6. The summed E-state index contributed by atoms with van der Waals surface area (Å²) in [6.45, 7) is 5.19. The van der Waals surface area contributed by atoms with Crippen LogP contribution in [0, 0.1) is 6.92 Å². The zero-order chi connectivity index (χ0) is 13.8. The molecule has 0 fully saturated rings. The molecule has 2 aromatic rings. The maximum atomic E-state index is 5.41. The molecule has 0 saturated heterocycles. The van der Waals surface area contributed by atoms with E-state index in [0.717, 1.165) is 29.0 Å². The molecule has 7 heteroatoms. The first kappa shape index (κ1) is 14.4. The SMILES string of the molecule is CSC(C)CCNc1nc(NN)nc2sc(C)cc12. The molecule has 0 amide bonds. The Labute approximate surface area is 121 Å². The van der Waals surface area contributed by atoms with Gasteiger partial charge in [-0.05, 0) is 25.7 Å². The molecule has 0 aliphatic carbocycles. The average Bonchev–Trinajstić information content (AvgIpc) is 2.78. The lowest BCUT2D eigenvalue weighted by Crippen LogP contribution is -2.13. The van der Waals surface area contributed by atoms with Crippen LogP contribution in [0.15, 0.2) is 6.07 Å². The summed E-state index contributed by atoms with van der Waals surface area (Å²) in [6.07, 6.45) is 3.23. The quantitative estimate of drug-likeness (QED) is 0.562. The van der Waals surface area contributed by atoms with E-state index < -0.39 is 0 Å². The first-order chi connectivity index (χ1) is 9.13. The first-order valence-electron chi connectivity index (χ1n) is 6.15. The first-order valence-corrected chi connectivity index (χ1v) is 8.26. The molecule has 104 valence electrons. The lowest BCUT2D eigenvalue weighted by atomic mass is 10.3. The van der Waals surface area contributed by atoms with Gasteiger partial charge >= 0.3 is 0 Å². The number of fused-ring (bicyclic) bond motifs is 1. The van der Waals surface area contributed by atoms with Crippen molar-refractivity contribution in [2.45, 2.75) is 25.5 Å². The van der Waals surface area contributed by atoms with Gasteiger partial charge in [-0.3, -0.25) is 5.43 Å². The number of nitrogen functional groups attached to an aromatic ring is 1. The molecule has 5 nitrogen and oxygen atoms in total. The Morgan fingerprint density at radius 3 is 2.95 bits per heavy atom. The second-order valence-corrected chi connectivity index (χ2v) is 6.89. The topological polar surface area (TPSA) is 75.9 Å². The third-order valence-corrected chi connectivity index (χ3v) is 4.88. The van der Waals surface area contributed by atoms with Gasteiger partial charge in [0, 0.05) is 16.7 Å². The molecule has 19 heavy (non-hydrogen) atoms. The highest BCUT2D eigenvalue weighted by Crippen LogP contribution is 2.29. The standard InChI is InChI=1S/C12H19N5S2/c1-7(18-3)4-5-14-10-9-6-8(2)19-11(9)16-12(15-10)17-13/h6-7H,4-5,13H2,1-3H3,(H2,14,15,16,17). The van der Waals surface area contributed by atoms with Gasteiger partial charge in [-0.25, -0.2) is 10.8 Å². The van der Waals surface area contributed by atoms with Crippen molar-refractivity contribution in [1.29, 1.82) is 0 Å². The van der Waals surface area contributed by atoms with Crippen LogP contribution in [-0.2, 0) is 0 Å². The number of hydrogen-bond donors (Lipinski definition) is 3. The van der Waals surface area contributed by atoms with Crippen LogP contribution in [-0.4, -0.2) is 28.0 Å². The van der Waals surface area contributed by atoms with Gasteiger partial charge in [0.25, 0.3) is 0 Å². The van der Waals surface area contributed by atoms with Gasteiger partial charge in [0.1, 0.15) is 10.6 Å². The van der Waals surface area contributed by atoms with Crippen LogP contribution in [0.25, 0.3) is 10.2 Å². The van der Waals surface area contributed by atoms with E-state index in [0.29, 0.717) is 11.2 Å². The zero-order valence-electron chi connectivity index (χ0n) is 11.4. The van der Waals surface area contributed by atoms with Gasteiger partial charge in [-0.15, -0.1) is 11.3 Å². The van der Waals surface area contributed by atoms with Crippen LogP contribution < -0.4 is 16.6 Å². The number of rotatable bonds is 6. The molecule has 0 spiro atoms. The summed E-state index contributed by atoms with van der Waals surface area (Å²) >= 11 is 3.52. The van der Waals surface area contributed by atoms with Crippen LogP contribution in [0.4, 0.5) is 11.8 Å². The number of nitrogens with zero attached hydrogens (tertiary/aromatic N) is 2. The summed E-state index contributed by atoms with van der Waals surface area (Å²) < 4.78 is 0. The minimum absolute atomic E-state index is 0.453. The number of hydrogen-bond acceptors (Lipinski definition) is 7. The van der Waals surface area contributed by atoms with E-state index in [4.69, 9.17) is 5.84 Å². The Hall–Kier alpha value is -1.05. The maximum absolute atomic E-state index is 5.41. The van der Waals surface area contributed by atoms with Crippen LogP contribution in [0.5, 0.6) is 0 Å². The summed E-state index contributed by atoms with van der Waals surface area (Å²) in [5.74, 6) is 6.72. The minimum atomic E-state index is 0.453. The van der Waals surface area contributed by atoms with Crippen LogP contribution >= 0.6 is 23.1 Å². The average molecular weight is 297 g/mol. The van der Waals surface area contributed by atoms with E-state index in [-0.39, 0.29) is 0 Å². The van der Waals surface area contributed by atoms with Gasteiger partial charge in [0.2, 0.25) is 5.95 Å². The third kappa shape index (κ3) is 3.49. The molecule has 1 unspecified atom stereocenters. The molecular formula is C12H19N5S2. The Kier molecular flexibility index (Phi) is 4.84. The number of thiophene rings is 1. The smallest absolute Gasteiger partial charge is 0.240 e. The summed E-state index contributed by atoms with van der Waals surface area (Å²) in [4.78, 5) is 10.9. The van der Waals surface area contributed by atoms with Crippen molar-refractivity contribution in [3.05, 3.63) is 10.9 Å². The fourth-order valence-electron chi connectivity index (χ4n) is 1.75. The third-order valence-electron chi connectivity index (χ3n) is 2.89. The highest BCUT2D eigenvalue weighted by atomic mass is 32.2. The highest BCUT2D eigenvalue weighted by Gasteiger charge is 2.10. The molecule has 2 heterocycles. The molecule has 4 N–H and O–H groups in total. The Morgan fingerprint density at radius 2 is 2.26 bits per heavy atom. The number of hydrazine groups is 1. The molecule has 0 aliphatic rings. The Morgan fingerprint density at radius 1 is 1.47 bits per heavy atom. The fraction of sp³-hybridized carbons (Fsp3) is 0.500. The van der Waals surface area contributed by atoms with Crippen molar-refractivity contribution in [2.24, 2.45) is 5.84 Å². The summed E-state index contributed by atoms with van der Waals surface area (Å²) in [6, 6.07) is 2.11. The van der Waals surface area contributed by atoms with E-state index in [1.54, 1.807) is 11.3 Å². The molecule has 0 saturated carbocycles. The van der Waals surface area contributed by atoms with Gasteiger partial charge in [0.05, 0.1) is 5.39 Å². The van der Waals surface area contributed by atoms with Crippen molar-refractivity contribution in [1.82, 2.24) is 9.97 Å². The number of aromatic nitrogens is 2. The van der Waals surface area contributed by atoms with Crippen molar-refractivity contribution < 1.29 is 0 Å². The number of aryl methyl sites for hydroxylation is 1. The maximum Gasteiger partial charge on any atom is 0.240 e. The summed E-state index contributed by atoms with van der Waals surface area (Å²) in [5.41, 5.74) is 2.52. The van der Waals surface area contributed by atoms with Gasteiger partial charge < -0.3 is 5.32 Å². The van der Waals surface area contributed by atoms with E-state index in [9.17, 15) is 0 Å². The number of nitrogens with two attached hydrogens (primary N) is 1. The van der Waals surface area contributed by atoms with Crippen LogP contribution in [0.3, 0.4) is 0 Å². The van der Waals surface area contributed by atoms with Gasteiger partial charge in [-0.2, -0.15) is 16.7 Å². The van der Waals surface area contributed by atoms with Crippen LogP contribution in [0.1, 0.15) is 18.2 Å². The van der Waals surface area contributed by atoms with E-state index >= 15 is 0 Å². The van der Waals surface area contributed by atoms with E-state index in [1.165, 1.54) is 4.88 Å².